The Hall–Kier alpha value is -3.10. The molecule has 0 unspecified atom stereocenters. The first-order valence-corrected chi connectivity index (χ1v) is 10.9. The average Bonchev–Trinajstić information content (AvgIpc) is 3.17. The Morgan fingerprint density at radius 3 is 2.42 bits per heavy atom. The zero-order valence-electron chi connectivity index (χ0n) is 18.2. The highest BCUT2D eigenvalue weighted by molar-refractivity contribution is 5.88. The SMILES string of the molecule is Cc1cc(C)cc(NC(=C[N+](=O)[O-])N[C@H]2CCCCN(CC(=O)N3CCCC3)C2=O)c1. The van der Waals surface area contributed by atoms with Crippen LogP contribution in [0.5, 0.6) is 0 Å². The predicted molar refractivity (Wildman–Crippen MR) is 118 cm³/mol. The number of carbonyl (C=O) groups is 2. The first-order chi connectivity index (χ1) is 14.8. The van der Waals surface area contributed by atoms with Crippen LogP contribution in [0.2, 0.25) is 0 Å². The van der Waals surface area contributed by atoms with Crippen molar-refractivity contribution in [3.8, 4) is 0 Å². The summed E-state index contributed by atoms with van der Waals surface area (Å²) in [5.74, 6) is -0.0662. The second-order valence-electron chi connectivity index (χ2n) is 8.37. The highest BCUT2D eigenvalue weighted by atomic mass is 16.6. The van der Waals surface area contributed by atoms with E-state index >= 15 is 0 Å². The maximum atomic E-state index is 13.1. The van der Waals surface area contributed by atoms with Crippen molar-refractivity contribution in [2.45, 2.75) is 52.0 Å². The minimum atomic E-state index is -0.626. The van der Waals surface area contributed by atoms with Crippen molar-refractivity contribution in [3.05, 3.63) is 51.5 Å². The lowest BCUT2D eigenvalue weighted by Gasteiger charge is -2.27. The molecule has 3 rings (SSSR count). The highest BCUT2D eigenvalue weighted by Gasteiger charge is 2.30. The van der Waals surface area contributed by atoms with Crippen LogP contribution in [-0.2, 0) is 9.59 Å². The first kappa shape index (κ1) is 22.6. The molecule has 31 heavy (non-hydrogen) atoms. The van der Waals surface area contributed by atoms with E-state index in [0.29, 0.717) is 18.7 Å². The van der Waals surface area contributed by atoms with Crippen molar-refractivity contribution in [1.82, 2.24) is 15.1 Å². The van der Waals surface area contributed by atoms with Gasteiger partial charge in [-0.15, -0.1) is 0 Å². The monoisotopic (exact) mass is 429 g/mol. The summed E-state index contributed by atoms with van der Waals surface area (Å²) >= 11 is 0. The molecule has 0 spiro atoms. The van der Waals surface area contributed by atoms with Gasteiger partial charge in [-0.25, -0.2) is 0 Å². The van der Waals surface area contributed by atoms with E-state index < -0.39 is 11.0 Å². The molecule has 168 valence electrons. The van der Waals surface area contributed by atoms with Gasteiger partial charge < -0.3 is 20.4 Å². The summed E-state index contributed by atoms with van der Waals surface area (Å²) in [5.41, 5.74) is 2.76. The second-order valence-corrected chi connectivity index (χ2v) is 8.37. The van der Waals surface area contributed by atoms with Crippen LogP contribution < -0.4 is 10.6 Å². The Kier molecular flexibility index (Phi) is 7.49. The van der Waals surface area contributed by atoms with Crippen LogP contribution >= 0.6 is 0 Å². The van der Waals surface area contributed by atoms with E-state index in [0.717, 1.165) is 56.1 Å². The minimum Gasteiger partial charge on any atom is -0.355 e. The van der Waals surface area contributed by atoms with E-state index in [2.05, 4.69) is 10.6 Å². The maximum Gasteiger partial charge on any atom is 0.274 e. The Labute approximate surface area is 182 Å². The highest BCUT2D eigenvalue weighted by Crippen LogP contribution is 2.18. The topological polar surface area (TPSA) is 108 Å². The Morgan fingerprint density at radius 1 is 1.13 bits per heavy atom. The van der Waals surface area contributed by atoms with E-state index in [1.807, 2.05) is 32.0 Å². The molecule has 1 atom stereocenters. The number of benzene rings is 1. The van der Waals surface area contributed by atoms with E-state index in [1.165, 1.54) is 0 Å². The number of hydrogen-bond acceptors (Lipinski definition) is 6. The van der Waals surface area contributed by atoms with Crippen molar-refractivity contribution >= 4 is 17.5 Å². The molecule has 2 amide bonds. The predicted octanol–water partition coefficient (Wildman–Crippen LogP) is 2.38. The lowest BCUT2D eigenvalue weighted by atomic mass is 10.1. The smallest absolute Gasteiger partial charge is 0.274 e. The Balaban J connectivity index is 1.72. The van der Waals surface area contributed by atoms with Crippen LogP contribution in [0, 0.1) is 24.0 Å². The number of amides is 2. The van der Waals surface area contributed by atoms with Gasteiger partial charge in [0.1, 0.15) is 6.04 Å². The van der Waals surface area contributed by atoms with Gasteiger partial charge in [-0.2, -0.15) is 0 Å². The molecule has 0 saturated carbocycles. The number of nitrogens with one attached hydrogen (secondary N) is 2. The van der Waals surface area contributed by atoms with Crippen molar-refractivity contribution in [3.63, 3.8) is 0 Å². The lowest BCUT2D eigenvalue weighted by Crippen LogP contribution is -2.49. The molecule has 0 aliphatic carbocycles. The summed E-state index contributed by atoms with van der Waals surface area (Å²) in [5, 5.41) is 17.3. The molecule has 0 radical (unpaired) electrons. The molecule has 2 N–H and O–H groups in total. The molecule has 0 aromatic heterocycles. The molecular formula is C22H31N5O4. The molecule has 2 fully saturated rings. The fourth-order valence-corrected chi connectivity index (χ4v) is 4.23. The van der Waals surface area contributed by atoms with Gasteiger partial charge in [-0.1, -0.05) is 6.07 Å². The van der Waals surface area contributed by atoms with Crippen molar-refractivity contribution in [2.24, 2.45) is 0 Å². The van der Waals surface area contributed by atoms with Crippen molar-refractivity contribution < 1.29 is 14.5 Å². The molecule has 9 heteroatoms. The van der Waals surface area contributed by atoms with Crippen LogP contribution in [0.3, 0.4) is 0 Å². The number of nitrogens with zero attached hydrogens (tertiary/aromatic N) is 3. The fourth-order valence-electron chi connectivity index (χ4n) is 4.23. The van der Waals surface area contributed by atoms with Crippen LogP contribution in [0.15, 0.2) is 30.2 Å². The van der Waals surface area contributed by atoms with Crippen LogP contribution in [-0.4, -0.2) is 58.8 Å². The summed E-state index contributed by atoms with van der Waals surface area (Å²) in [6, 6.07) is 5.16. The lowest BCUT2D eigenvalue weighted by molar-refractivity contribution is -0.403. The zero-order chi connectivity index (χ0) is 22.4. The molecule has 2 aliphatic rings. The van der Waals surface area contributed by atoms with E-state index in [1.54, 1.807) is 9.80 Å². The standard InChI is InChI=1S/C22H31N5O4/c1-16-11-17(2)13-18(12-16)23-20(14-27(30)31)24-19-7-3-4-10-26(22(19)29)15-21(28)25-8-5-6-9-25/h11-14,19,23-24H,3-10,15H2,1-2H3/t19-/m0/s1. The Morgan fingerprint density at radius 2 is 1.77 bits per heavy atom. The number of anilines is 1. The van der Waals surface area contributed by atoms with Gasteiger partial charge in [0.05, 0.1) is 11.5 Å². The largest absolute Gasteiger partial charge is 0.355 e. The molecule has 1 aromatic rings. The molecule has 0 bridgehead atoms. The summed E-state index contributed by atoms with van der Waals surface area (Å²) in [6.07, 6.45) is 5.00. The van der Waals surface area contributed by atoms with Gasteiger partial charge >= 0.3 is 0 Å². The summed E-state index contributed by atoms with van der Waals surface area (Å²) in [4.78, 5) is 39.7. The fraction of sp³-hybridized carbons (Fsp3) is 0.545. The minimum absolute atomic E-state index is 0.0269. The second kappa shape index (κ2) is 10.3. The number of rotatable bonds is 7. The Bertz CT molecular complexity index is 843. The number of hydrogen-bond donors (Lipinski definition) is 2. The third-order valence-electron chi connectivity index (χ3n) is 5.63. The van der Waals surface area contributed by atoms with Crippen LogP contribution in [0.4, 0.5) is 5.69 Å². The number of aryl methyl sites for hydroxylation is 2. The van der Waals surface area contributed by atoms with Crippen LogP contribution in [0.1, 0.15) is 43.2 Å². The number of likely N-dealkylation sites (tertiary alicyclic amines) is 2. The van der Waals surface area contributed by atoms with E-state index in [-0.39, 0.29) is 24.2 Å². The molecule has 2 aliphatic heterocycles. The summed E-state index contributed by atoms with van der Waals surface area (Å²) in [7, 11) is 0. The van der Waals surface area contributed by atoms with Crippen molar-refractivity contribution in [1.29, 1.82) is 0 Å². The molecule has 2 saturated heterocycles. The third kappa shape index (κ3) is 6.44. The van der Waals surface area contributed by atoms with Gasteiger partial charge in [0, 0.05) is 25.3 Å². The van der Waals surface area contributed by atoms with Crippen LogP contribution in [0.25, 0.3) is 0 Å². The first-order valence-electron chi connectivity index (χ1n) is 10.9. The summed E-state index contributed by atoms with van der Waals surface area (Å²) < 4.78 is 0. The van der Waals surface area contributed by atoms with Gasteiger partial charge in [0.15, 0.2) is 5.82 Å². The van der Waals surface area contributed by atoms with Gasteiger partial charge in [0.25, 0.3) is 6.20 Å². The van der Waals surface area contributed by atoms with Gasteiger partial charge in [-0.05, 0) is 69.2 Å². The van der Waals surface area contributed by atoms with Gasteiger partial charge in [0.2, 0.25) is 11.8 Å². The van der Waals surface area contributed by atoms with E-state index in [9.17, 15) is 19.7 Å². The molecular weight excluding hydrogens is 398 g/mol. The summed E-state index contributed by atoms with van der Waals surface area (Å²) in [6.45, 7) is 5.99. The zero-order valence-corrected chi connectivity index (χ0v) is 18.2. The van der Waals surface area contributed by atoms with Crippen molar-refractivity contribution in [2.75, 3.05) is 31.5 Å². The average molecular weight is 430 g/mol. The quantitative estimate of drug-likeness (QED) is 0.509. The molecule has 1 aromatic carbocycles. The molecule has 9 nitrogen and oxygen atoms in total. The maximum absolute atomic E-state index is 13.1. The number of carbonyl (C=O) groups excluding carboxylic acids is 2. The van der Waals surface area contributed by atoms with Gasteiger partial charge in [-0.3, -0.25) is 19.7 Å². The normalized spacial score (nSPS) is 19.9. The molecule has 2 heterocycles. The third-order valence-corrected chi connectivity index (χ3v) is 5.63. The van der Waals surface area contributed by atoms with E-state index in [4.69, 9.17) is 0 Å². The number of nitro groups is 1.